The lowest BCUT2D eigenvalue weighted by Crippen LogP contribution is -2.51. The quantitative estimate of drug-likeness (QED) is 0.564. The minimum Gasteiger partial charge on any atom is -0.480 e. The lowest BCUT2D eigenvalue weighted by Gasteiger charge is -2.33. The number of carbonyl (C=O) groups excluding carboxylic acids is 1. The van der Waals surface area contributed by atoms with Gasteiger partial charge in [0.2, 0.25) is 0 Å². The van der Waals surface area contributed by atoms with E-state index in [0.717, 1.165) is 44.8 Å². The number of carboxylic acid groups (broad SMARTS) is 1. The van der Waals surface area contributed by atoms with Crippen molar-refractivity contribution in [1.29, 1.82) is 0 Å². The van der Waals surface area contributed by atoms with Gasteiger partial charge >= 0.3 is 5.97 Å². The summed E-state index contributed by atoms with van der Waals surface area (Å²) in [4.78, 5) is 29.3. The lowest BCUT2D eigenvalue weighted by molar-refractivity contribution is -0.144. The topological polar surface area (TPSA) is 94.6 Å². The second-order valence-electron chi connectivity index (χ2n) is 10.1. The number of piperazine rings is 2. The number of likely N-dealkylation sites (N-methyl/N-ethyl adjacent to an activating group) is 2. The molecule has 4 aliphatic heterocycles. The van der Waals surface area contributed by atoms with Crippen molar-refractivity contribution in [3.05, 3.63) is 59.2 Å². The van der Waals surface area contributed by atoms with Gasteiger partial charge in [-0.1, -0.05) is 13.8 Å². The maximum absolute atomic E-state index is 13.1. The Morgan fingerprint density at radius 3 is 1.71 bits per heavy atom. The third kappa shape index (κ3) is 9.37. The van der Waals surface area contributed by atoms with Crippen LogP contribution in [-0.4, -0.2) is 110 Å². The Morgan fingerprint density at radius 2 is 1.24 bits per heavy atom. The number of aliphatic carboxylic acids is 1. The number of ether oxygens (including phenoxy) is 2. The van der Waals surface area contributed by atoms with Crippen molar-refractivity contribution in [3.8, 4) is 11.5 Å². The highest BCUT2D eigenvalue weighted by Crippen LogP contribution is 2.30. The van der Waals surface area contributed by atoms with Gasteiger partial charge in [0.05, 0.1) is 0 Å². The molecule has 226 valence electrons. The number of rotatable bonds is 2. The molecule has 4 aliphatic rings. The number of amides is 1. The van der Waals surface area contributed by atoms with Crippen LogP contribution < -0.4 is 14.8 Å². The molecule has 4 heterocycles. The third-order valence-electron chi connectivity index (χ3n) is 7.10. The first-order chi connectivity index (χ1) is 19.7. The summed E-state index contributed by atoms with van der Waals surface area (Å²) in [6.45, 7) is 12.0. The summed E-state index contributed by atoms with van der Waals surface area (Å²) < 4.78 is 36.5. The predicted molar refractivity (Wildman–Crippen MR) is 152 cm³/mol. The molecule has 1 amide bonds. The molecule has 2 atom stereocenters. The molecule has 0 bridgehead atoms. The standard InChI is InChI=1S/C14H17FN2O2.C9H7FO3.C5H12N2.C2H6/c1-16-4-6-17(7-5-16)14(18)13-9-10-8-11(15)2-3-12(10)19-13;10-6-1-2-7-5(3-6)4-8(13-7)9(11)12;1-7-4-2-6-3-5-7;1-2/h2-3,8,13H,4-7,9H2,1H3;1-3,8H,4H2,(H,11,12);6H,2-5H2,1H3;1-2H3. The monoisotopic (exact) mass is 576 g/mol. The molecule has 0 saturated carbocycles. The van der Waals surface area contributed by atoms with Crippen LogP contribution in [0.25, 0.3) is 0 Å². The van der Waals surface area contributed by atoms with Crippen LogP contribution in [0.3, 0.4) is 0 Å². The Balaban J connectivity index is 0.000000181. The maximum Gasteiger partial charge on any atom is 0.345 e. The fraction of sp³-hybridized carbons (Fsp3) is 0.533. The molecule has 2 fully saturated rings. The minimum atomic E-state index is -1.02. The summed E-state index contributed by atoms with van der Waals surface area (Å²) >= 11 is 0. The molecular formula is C30H42F2N4O5. The van der Waals surface area contributed by atoms with Crippen LogP contribution in [0.4, 0.5) is 8.78 Å². The maximum atomic E-state index is 13.1. The van der Waals surface area contributed by atoms with Crippen molar-refractivity contribution in [1.82, 2.24) is 20.0 Å². The molecule has 2 N–H and O–H groups in total. The van der Waals surface area contributed by atoms with E-state index in [9.17, 15) is 18.4 Å². The Labute approximate surface area is 241 Å². The van der Waals surface area contributed by atoms with Crippen molar-refractivity contribution in [2.45, 2.75) is 38.9 Å². The van der Waals surface area contributed by atoms with Crippen LogP contribution in [0.2, 0.25) is 0 Å². The van der Waals surface area contributed by atoms with Crippen LogP contribution in [0, 0.1) is 11.6 Å². The molecule has 0 radical (unpaired) electrons. The number of carboxylic acids is 1. The number of fused-ring (bicyclic) bond motifs is 2. The summed E-state index contributed by atoms with van der Waals surface area (Å²) in [7, 11) is 4.20. The average molecular weight is 577 g/mol. The number of halogens is 2. The SMILES string of the molecule is CC.CN1CCN(C(=O)C2Cc3cc(F)ccc3O2)CC1.CN1CCNCC1.O=C(O)C1Cc2cc(F)ccc2O1. The van der Waals surface area contributed by atoms with E-state index in [2.05, 4.69) is 22.2 Å². The van der Waals surface area contributed by atoms with Gasteiger partial charge in [-0.3, -0.25) is 4.79 Å². The van der Waals surface area contributed by atoms with Crippen LogP contribution >= 0.6 is 0 Å². The Bertz CT molecular complexity index is 1150. The van der Waals surface area contributed by atoms with Gasteiger partial charge in [-0.25, -0.2) is 13.6 Å². The van der Waals surface area contributed by atoms with Gasteiger partial charge in [-0.05, 0) is 50.5 Å². The molecular weight excluding hydrogens is 534 g/mol. The van der Waals surface area contributed by atoms with Crippen LogP contribution in [0.1, 0.15) is 25.0 Å². The summed E-state index contributed by atoms with van der Waals surface area (Å²) in [5.41, 5.74) is 1.40. The second kappa shape index (κ2) is 15.6. The minimum absolute atomic E-state index is 0.0182. The summed E-state index contributed by atoms with van der Waals surface area (Å²) in [6, 6.07) is 8.42. The number of carbonyl (C=O) groups is 2. The lowest BCUT2D eigenvalue weighted by atomic mass is 10.1. The zero-order valence-electron chi connectivity index (χ0n) is 24.4. The normalized spacial score (nSPS) is 21.3. The Morgan fingerprint density at radius 1 is 0.780 bits per heavy atom. The van der Waals surface area contributed by atoms with Gasteiger partial charge in [0.15, 0.2) is 12.2 Å². The summed E-state index contributed by atoms with van der Waals surface area (Å²) in [6.07, 6.45) is -0.641. The van der Waals surface area contributed by atoms with Crippen LogP contribution in [-0.2, 0) is 22.4 Å². The first-order valence-electron chi connectivity index (χ1n) is 14.2. The van der Waals surface area contributed by atoms with Crippen molar-refractivity contribution in [3.63, 3.8) is 0 Å². The van der Waals surface area contributed by atoms with Gasteiger partial charge < -0.3 is 34.6 Å². The molecule has 11 heteroatoms. The van der Waals surface area contributed by atoms with E-state index >= 15 is 0 Å². The molecule has 2 aromatic carbocycles. The van der Waals surface area contributed by atoms with Gasteiger partial charge in [0, 0.05) is 76.3 Å². The fourth-order valence-corrected chi connectivity index (χ4v) is 4.72. The average Bonchev–Trinajstić information content (AvgIpc) is 3.59. The van der Waals surface area contributed by atoms with Gasteiger partial charge in [0.25, 0.3) is 5.91 Å². The van der Waals surface area contributed by atoms with E-state index in [1.807, 2.05) is 25.8 Å². The molecule has 0 aliphatic carbocycles. The number of nitrogens with zero attached hydrogens (tertiary/aromatic N) is 3. The summed E-state index contributed by atoms with van der Waals surface area (Å²) in [5, 5.41) is 11.9. The molecule has 6 rings (SSSR count). The van der Waals surface area contributed by atoms with E-state index in [-0.39, 0.29) is 24.0 Å². The van der Waals surface area contributed by atoms with E-state index in [1.54, 1.807) is 6.07 Å². The number of nitrogens with one attached hydrogen (secondary N) is 1. The fourth-order valence-electron chi connectivity index (χ4n) is 4.72. The molecule has 2 aromatic rings. The Hall–Kier alpha value is -3.28. The van der Waals surface area contributed by atoms with Crippen molar-refractivity contribution >= 4 is 11.9 Å². The second-order valence-corrected chi connectivity index (χ2v) is 10.1. The van der Waals surface area contributed by atoms with Gasteiger partial charge in [0.1, 0.15) is 23.1 Å². The van der Waals surface area contributed by atoms with Crippen molar-refractivity contribution in [2.75, 3.05) is 66.5 Å². The highest BCUT2D eigenvalue weighted by atomic mass is 19.1. The highest BCUT2D eigenvalue weighted by Gasteiger charge is 2.33. The molecule has 41 heavy (non-hydrogen) atoms. The van der Waals surface area contributed by atoms with E-state index in [0.29, 0.717) is 23.5 Å². The molecule has 0 spiro atoms. The van der Waals surface area contributed by atoms with Crippen LogP contribution in [0.5, 0.6) is 11.5 Å². The van der Waals surface area contributed by atoms with Crippen molar-refractivity contribution < 1.29 is 33.0 Å². The predicted octanol–water partition coefficient (Wildman–Crippen LogP) is 2.66. The number of benzene rings is 2. The number of hydrogen-bond donors (Lipinski definition) is 2. The van der Waals surface area contributed by atoms with Gasteiger partial charge in [-0.2, -0.15) is 0 Å². The highest BCUT2D eigenvalue weighted by molar-refractivity contribution is 5.82. The molecule has 0 aromatic heterocycles. The first-order valence-corrected chi connectivity index (χ1v) is 14.2. The number of hydrogen-bond acceptors (Lipinski definition) is 7. The first kappa shape index (κ1) is 32.2. The zero-order chi connectivity index (χ0) is 29.9. The summed E-state index contributed by atoms with van der Waals surface area (Å²) in [5.74, 6) is -0.549. The van der Waals surface area contributed by atoms with E-state index < -0.39 is 18.2 Å². The van der Waals surface area contributed by atoms with Crippen molar-refractivity contribution in [2.24, 2.45) is 0 Å². The molecule has 2 saturated heterocycles. The largest absolute Gasteiger partial charge is 0.480 e. The Kier molecular flexibility index (Phi) is 12.3. The van der Waals surface area contributed by atoms with E-state index in [1.165, 1.54) is 43.4 Å². The third-order valence-corrected chi connectivity index (χ3v) is 7.10. The molecule has 9 nitrogen and oxygen atoms in total. The smallest absolute Gasteiger partial charge is 0.345 e. The van der Waals surface area contributed by atoms with Gasteiger partial charge in [-0.15, -0.1) is 0 Å². The van der Waals surface area contributed by atoms with E-state index in [4.69, 9.17) is 14.6 Å². The van der Waals surface area contributed by atoms with Crippen LogP contribution in [0.15, 0.2) is 36.4 Å². The zero-order valence-corrected chi connectivity index (χ0v) is 24.4. The molecule has 2 unspecified atom stereocenters.